The van der Waals surface area contributed by atoms with Crippen LogP contribution in [0, 0.1) is 12.3 Å². The Bertz CT molecular complexity index is 936. The molecule has 2 amide bonds. The van der Waals surface area contributed by atoms with E-state index in [1.807, 2.05) is 39.8 Å². The van der Waals surface area contributed by atoms with E-state index in [1.165, 1.54) is 0 Å². The zero-order valence-corrected chi connectivity index (χ0v) is 17.7. The standard InChI is InChI=1S/C22H29N3O4/c1-13-17(28-5)7-6-15-18(8-9-24-20(13)15)29-14-10-16(21(23)27)25(12-14)19(26)11-22(2,3)4/h6-9,14,16H,10-12H2,1-5H3,(H2,23,27)/t14-,16+/m1/s1. The van der Waals surface area contributed by atoms with Crippen LogP contribution in [-0.4, -0.2) is 47.5 Å². The maximum Gasteiger partial charge on any atom is 0.240 e. The van der Waals surface area contributed by atoms with Crippen molar-refractivity contribution in [3.63, 3.8) is 0 Å². The second-order valence-electron chi connectivity index (χ2n) is 8.78. The van der Waals surface area contributed by atoms with Gasteiger partial charge in [-0.25, -0.2) is 0 Å². The average molecular weight is 399 g/mol. The van der Waals surface area contributed by atoms with E-state index in [4.69, 9.17) is 15.2 Å². The van der Waals surface area contributed by atoms with Crippen molar-refractivity contribution in [1.29, 1.82) is 0 Å². The van der Waals surface area contributed by atoms with Crippen LogP contribution < -0.4 is 15.2 Å². The molecule has 156 valence electrons. The Kier molecular flexibility index (Phi) is 5.68. The highest BCUT2D eigenvalue weighted by Gasteiger charge is 2.40. The second kappa shape index (κ2) is 7.89. The summed E-state index contributed by atoms with van der Waals surface area (Å²) in [6, 6.07) is 4.94. The molecule has 0 aliphatic carbocycles. The number of primary amides is 1. The number of nitrogens with two attached hydrogens (primary N) is 1. The third-order valence-corrected chi connectivity index (χ3v) is 5.18. The lowest BCUT2D eigenvalue weighted by Crippen LogP contribution is -2.44. The van der Waals surface area contributed by atoms with Crippen molar-refractivity contribution < 1.29 is 19.1 Å². The van der Waals surface area contributed by atoms with Crippen molar-refractivity contribution in [1.82, 2.24) is 9.88 Å². The minimum atomic E-state index is -0.648. The number of carbonyl (C=O) groups excluding carboxylic acids is 2. The third-order valence-electron chi connectivity index (χ3n) is 5.18. The van der Waals surface area contributed by atoms with Crippen LogP contribution >= 0.6 is 0 Å². The zero-order chi connectivity index (χ0) is 21.3. The summed E-state index contributed by atoms with van der Waals surface area (Å²) in [4.78, 5) is 30.7. The van der Waals surface area contributed by atoms with Crippen LogP contribution in [-0.2, 0) is 9.59 Å². The molecule has 29 heavy (non-hydrogen) atoms. The predicted octanol–water partition coefficient (Wildman–Crippen LogP) is 2.82. The molecule has 1 aromatic heterocycles. The van der Waals surface area contributed by atoms with E-state index < -0.39 is 11.9 Å². The molecule has 1 aliphatic heterocycles. The van der Waals surface area contributed by atoms with E-state index in [-0.39, 0.29) is 17.4 Å². The van der Waals surface area contributed by atoms with Crippen LogP contribution in [0.2, 0.25) is 0 Å². The maximum atomic E-state index is 12.7. The van der Waals surface area contributed by atoms with Gasteiger partial charge < -0.3 is 20.1 Å². The van der Waals surface area contributed by atoms with E-state index in [1.54, 1.807) is 24.3 Å². The number of likely N-dealkylation sites (tertiary alicyclic amines) is 1. The molecule has 0 bridgehead atoms. The minimum absolute atomic E-state index is 0.0763. The molecular weight excluding hydrogens is 370 g/mol. The summed E-state index contributed by atoms with van der Waals surface area (Å²) in [5.41, 5.74) is 7.13. The fourth-order valence-corrected chi connectivity index (χ4v) is 3.80. The first-order chi connectivity index (χ1) is 13.6. The summed E-state index contributed by atoms with van der Waals surface area (Å²) in [6.45, 7) is 8.26. The number of rotatable bonds is 5. The number of ether oxygens (including phenoxy) is 2. The van der Waals surface area contributed by atoms with Gasteiger partial charge in [0.25, 0.3) is 0 Å². The van der Waals surface area contributed by atoms with Crippen molar-refractivity contribution in [2.24, 2.45) is 11.1 Å². The molecule has 1 aromatic carbocycles. The number of aryl methyl sites for hydroxylation is 1. The molecule has 0 spiro atoms. The fraction of sp³-hybridized carbons (Fsp3) is 0.500. The lowest BCUT2D eigenvalue weighted by atomic mass is 9.91. The van der Waals surface area contributed by atoms with Crippen molar-refractivity contribution in [3.05, 3.63) is 30.0 Å². The maximum absolute atomic E-state index is 12.7. The molecule has 2 aromatic rings. The number of hydrogen-bond acceptors (Lipinski definition) is 5. The van der Waals surface area contributed by atoms with Gasteiger partial charge in [-0.05, 0) is 30.5 Å². The first-order valence-corrected chi connectivity index (χ1v) is 9.78. The van der Waals surface area contributed by atoms with E-state index in [2.05, 4.69) is 4.98 Å². The number of fused-ring (bicyclic) bond motifs is 1. The van der Waals surface area contributed by atoms with Gasteiger partial charge in [0.15, 0.2) is 0 Å². The Morgan fingerprint density at radius 2 is 1.97 bits per heavy atom. The molecule has 2 heterocycles. The quantitative estimate of drug-likeness (QED) is 0.834. The Balaban J connectivity index is 1.85. The number of nitrogens with zero attached hydrogens (tertiary/aromatic N) is 2. The number of carbonyl (C=O) groups is 2. The third kappa shape index (κ3) is 4.44. The second-order valence-corrected chi connectivity index (χ2v) is 8.78. The summed E-state index contributed by atoms with van der Waals surface area (Å²) in [6.07, 6.45) is 2.10. The van der Waals surface area contributed by atoms with Gasteiger partial charge in [-0.3, -0.25) is 14.6 Å². The Morgan fingerprint density at radius 1 is 1.24 bits per heavy atom. The van der Waals surface area contributed by atoms with Gasteiger partial charge in [0.2, 0.25) is 11.8 Å². The van der Waals surface area contributed by atoms with Gasteiger partial charge in [0, 0.05) is 30.0 Å². The Hall–Kier alpha value is -2.83. The highest BCUT2D eigenvalue weighted by atomic mass is 16.5. The number of pyridine rings is 1. The highest BCUT2D eigenvalue weighted by molar-refractivity contribution is 5.89. The Labute approximate surface area is 171 Å². The Morgan fingerprint density at radius 3 is 2.59 bits per heavy atom. The van der Waals surface area contributed by atoms with Crippen LogP contribution in [0.5, 0.6) is 11.5 Å². The van der Waals surface area contributed by atoms with Gasteiger partial charge >= 0.3 is 0 Å². The van der Waals surface area contributed by atoms with Crippen LogP contribution in [0.3, 0.4) is 0 Å². The van der Waals surface area contributed by atoms with Gasteiger partial charge in [0.05, 0.1) is 19.2 Å². The molecule has 1 saturated heterocycles. The normalized spacial score (nSPS) is 19.4. The molecule has 0 unspecified atom stereocenters. The molecule has 0 saturated carbocycles. The van der Waals surface area contributed by atoms with Gasteiger partial charge in [-0.2, -0.15) is 0 Å². The van der Waals surface area contributed by atoms with E-state index in [0.29, 0.717) is 25.1 Å². The number of aromatic nitrogens is 1. The molecule has 2 N–H and O–H groups in total. The molecule has 0 radical (unpaired) electrons. The fourth-order valence-electron chi connectivity index (χ4n) is 3.80. The van der Waals surface area contributed by atoms with E-state index in [9.17, 15) is 9.59 Å². The first kappa shape index (κ1) is 20.9. The molecule has 3 rings (SSSR count). The van der Waals surface area contributed by atoms with Gasteiger partial charge in [0.1, 0.15) is 23.6 Å². The minimum Gasteiger partial charge on any atom is -0.496 e. The topological polar surface area (TPSA) is 94.8 Å². The summed E-state index contributed by atoms with van der Waals surface area (Å²) in [7, 11) is 1.63. The monoisotopic (exact) mass is 399 g/mol. The zero-order valence-electron chi connectivity index (χ0n) is 17.7. The summed E-state index contributed by atoms with van der Waals surface area (Å²) in [5, 5.41) is 0.862. The average Bonchev–Trinajstić information content (AvgIpc) is 3.06. The van der Waals surface area contributed by atoms with Gasteiger partial charge in [-0.1, -0.05) is 20.8 Å². The van der Waals surface area contributed by atoms with Crippen molar-refractivity contribution in [2.75, 3.05) is 13.7 Å². The van der Waals surface area contributed by atoms with E-state index in [0.717, 1.165) is 22.2 Å². The molecule has 1 aliphatic rings. The highest BCUT2D eigenvalue weighted by Crippen LogP contribution is 2.33. The number of amides is 2. The van der Waals surface area contributed by atoms with Crippen LogP contribution in [0.1, 0.15) is 39.2 Å². The largest absolute Gasteiger partial charge is 0.496 e. The number of hydrogen-bond donors (Lipinski definition) is 1. The van der Waals surface area contributed by atoms with Crippen LogP contribution in [0.4, 0.5) is 0 Å². The molecule has 1 fully saturated rings. The van der Waals surface area contributed by atoms with Crippen molar-refractivity contribution in [3.8, 4) is 11.5 Å². The van der Waals surface area contributed by atoms with Gasteiger partial charge in [-0.15, -0.1) is 0 Å². The number of methoxy groups -OCH3 is 1. The molecular formula is C22H29N3O4. The number of benzene rings is 1. The van der Waals surface area contributed by atoms with Crippen molar-refractivity contribution >= 4 is 22.7 Å². The summed E-state index contributed by atoms with van der Waals surface area (Å²) in [5.74, 6) is 0.848. The van der Waals surface area contributed by atoms with Crippen LogP contribution in [0.15, 0.2) is 24.4 Å². The van der Waals surface area contributed by atoms with Crippen molar-refractivity contribution in [2.45, 2.75) is 52.7 Å². The van der Waals surface area contributed by atoms with E-state index >= 15 is 0 Å². The first-order valence-electron chi connectivity index (χ1n) is 9.78. The lowest BCUT2D eigenvalue weighted by Gasteiger charge is -2.26. The summed E-state index contributed by atoms with van der Waals surface area (Å²) >= 11 is 0. The van der Waals surface area contributed by atoms with Crippen LogP contribution in [0.25, 0.3) is 10.9 Å². The molecule has 7 heteroatoms. The smallest absolute Gasteiger partial charge is 0.240 e. The lowest BCUT2D eigenvalue weighted by molar-refractivity contribution is -0.138. The molecule has 2 atom stereocenters. The molecule has 7 nitrogen and oxygen atoms in total. The predicted molar refractivity (Wildman–Crippen MR) is 111 cm³/mol. The SMILES string of the molecule is COc1ccc2c(O[C@@H]3C[C@@H](C(N)=O)N(C(=O)CC(C)(C)C)C3)ccnc2c1C. The summed E-state index contributed by atoms with van der Waals surface area (Å²) < 4.78 is 11.6.